The minimum absolute atomic E-state index is 0.0826. The molecule has 0 heterocycles. The molecule has 16 heavy (non-hydrogen) atoms. The molecule has 4 heteroatoms. The monoisotopic (exact) mass is 225 g/mol. The lowest BCUT2D eigenvalue weighted by molar-refractivity contribution is 0.185. The Labute approximate surface area is 96.0 Å². The maximum Gasteiger partial charge on any atom is 0.161 e. The van der Waals surface area contributed by atoms with Crippen LogP contribution < -0.4 is 15.2 Å². The topological polar surface area (TPSA) is 64.7 Å². The Kier molecular flexibility index (Phi) is 4.58. The highest BCUT2D eigenvalue weighted by Crippen LogP contribution is 2.30. The zero-order valence-electron chi connectivity index (χ0n) is 9.93. The fourth-order valence-electron chi connectivity index (χ4n) is 1.38. The van der Waals surface area contributed by atoms with Crippen LogP contribution in [0.15, 0.2) is 18.2 Å². The van der Waals surface area contributed by atoms with E-state index in [1.807, 2.05) is 13.8 Å². The highest BCUT2D eigenvalue weighted by atomic mass is 16.5. The Balaban J connectivity index is 2.97. The van der Waals surface area contributed by atoms with Crippen molar-refractivity contribution < 1.29 is 14.6 Å². The first-order valence-electron chi connectivity index (χ1n) is 5.31. The molecule has 0 fully saturated rings. The molecule has 0 saturated carbocycles. The van der Waals surface area contributed by atoms with Crippen molar-refractivity contribution >= 4 is 0 Å². The highest BCUT2D eigenvalue weighted by Gasteiger charge is 2.11. The van der Waals surface area contributed by atoms with Crippen LogP contribution in [-0.4, -0.2) is 24.9 Å². The van der Waals surface area contributed by atoms with Crippen molar-refractivity contribution in [2.75, 3.05) is 13.7 Å². The molecule has 0 aliphatic carbocycles. The van der Waals surface area contributed by atoms with Crippen molar-refractivity contribution in [1.29, 1.82) is 0 Å². The number of nitrogens with two attached hydrogens (primary N) is 1. The van der Waals surface area contributed by atoms with Crippen LogP contribution >= 0.6 is 0 Å². The molecule has 1 aromatic carbocycles. The Morgan fingerprint density at radius 2 is 2.00 bits per heavy atom. The quantitative estimate of drug-likeness (QED) is 0.796. The van der Waals surface area contributed by atoms with Crippen molar-refractivity contribution in [3.8, 4) is 11.5 Å². The summed E-state index contributed by atoms with van der Waals surface area (Å²) in [6.07, 6.45) is -0.582. The van der Waals surface area contributed by atoms with E-state index in [2.05, 4.69) is 0 Å². The van der Waals surface area contributed by atoms with Crippen LogP contribution in [0.25, 0.3) is 0 Å². The molecule has 90 valence electrons. The number of hydrogen-bond acceptors (Lipinski definition) is 4. The molecule has 0 spiro atoms. The van der Waals surface area contributed by atoms with Gasteiger partial charge in [0.15, 0.2) is 11.5 Å². The maximum atomic E-state index is 9.60. The predicted molar refractivity (Wildman–Crippen MR) is 62.8 cm³/mol. The minimum atomic E-state index is -0.665. The summed E-state index contributed by atoms with van der Waals surface area (Å²) in [6.45, 7) is 4.08. The fourth-order valence-corrected chi connectivity index (χ4v) is 1.38. The van der Waals surface area contributed by atoms with Crippen LogP contribution in [0, 0.1) is 0 Å². The fraction of sp³-hybridized carbons (Fsp3) is 0.500. The largest absolute Gasteiger partial charge is 0.493 e. The second-order valence-electron chi connectivity index (χ2n) is 3.83. The summed E-state index contributed by atoms with van der Waals surface area (Å²) >= 11 is 0. The van der Waals surface area contributed by atoms with Gasteiger partial charge < -0.3 is 20.3 Å². The van der Waals surface area contributed by atoms with Crippen molar-refractivity contribution in [2.24, 2.45) is 5.73 Å². The molecule has 4 nitrogen and oxygen atoms in total. The first kappa shape index (κ1) is 12.8. The van der Waals surface area contributed by atoms with E-state index in [-0.39, 0.29) is 12.6 Å². The van der Waals surface area contributed by atoms with Crippen LogP contribution in [0.1, 0.15) is 25.5 Å². The van der Waals surface area contributed by atoms with Gasteiger partial charge in [0.25, 0.3) is 0 Å². The molecule has 1 unspecified atom stereocenters. The summed E-state index contributed by atoms with van der Waals surface area (Å²) in [5.41, 5.74) is 6.12. The zero-order chi connectivity index (χ0) is 12.1. The maximum absolute atomic E-state index is 9.60. The van der Waals surface area contributed by atoms with E-state index in [9.17, 15) is 5.11 Å². The Bertz CT molecular complexity index is 339. The summed E-state index contributed by atoms with van der Waals surface area (Å²) in [4.78, 5) is 0. The second-order valence-corrected chi connectivity index (χ2v) is 3.83. The van der Waals surface area contributed by atoms with E-state index < -0.39 is 6.10 Å². The number of aliphatic hydroxyl groups is 1. The summed E-state index contributed by atoms with van der Waals surface area (Å²) in [6, 6.07) is 5.32. The van der Waals surface area contributed by atoms with Crippen LogP contribution in [0.3, 0.4) is 0 Å². The van der Waals surface area contributed by atoms with E-state index in [1.54, 1.807) is 25.3 Å². The minimum Gasteiger partial charge on any atom is -0.493 e. The molecule has 1 atom stereocenters. The van der Waals surface area contributed by atoms with E-state index >= 15 is 0 Å². The average Bonchev–Trinajstić information content (AvgIpc) is 2.27. The van der Waals surface area contributed by atoms with Gasteiger partial charge in [0.1, 0.15) is 0 Å². The molecule has 0 aliphatic rings. The number of benzene rings is 1. The van der Waals surface area contributed by atoms with E-state index in [4.69, 9.17) is 15.2 Å². The Morgan fingerprint density at radius 1 is 1.31 bits per heavy atom. The third-order valence-electron chi connectivity index (χ3n) is 2.16. The molecule has 0 aromatic heterocycles. The van der Waals surface area contributed by atoms with Crippen molar-refractivity contribution in [3.63, 3.8) is 0 Å². The lowest BCUT2D eigenvalue weighted by atomic mass is 10.1. The smallest absolute Gasteiger partial charge is 0.161 e. The van der Waals surface area contributed by atoms with Gasteiger partial charge in [0, 0.05) is 6.54 Å². The third kappa shape index (κ3) is 3.12. The molecule has 0 amide bonds. The van der Waals surface area contributed by atoms with Crippen LogP contribution in [0.4, 0.5) is 0 Å². The number of ether oxygens (including phenoxy) is 2. The summed E-state index contributed by atoms with van der Waals surface area (Å²) < 4.78 is 10.8. The molecule has 0 radical (unpaired) electrons. The van der Waals surface area contributed by atoms with Gasteiger partial charge in [-0.25, -0.2) is 0 Å². The predicted octanol–water partition coefficient (Wildman–Crippen LogP) is 1.47. The molecule has 0 bridgehead atoms. The summed E-state index contributed by atoms with van der Waals surface area (Å²) in [5.74, 6) is 1.28. The van der Waals surface area contributed by atoms with Gasteiger partial charge in [-0.3, -0.25) is 0 Å². The van der Waals surface area contributed by atoms with Crippen molar-refractivity contribution in [2.45, 2.75) is 26.1 Å². The SMILES string of the molecule is COc1cc(C(O)CN)ccc1OC(C)C. The zero-order valence-corrected chi connectivity index (χ0v) is 9.93. The third-order valence-corrected chi connectivity index (χ3v) is 2.16. The van der Waals surface area contributed by atoms with Gasteiger partial charge in [-0.1, -0.05) is 6.07 Å². The first-order valence-corrected chi connectivity index (χ1v) is 5.31. The van der Waals surface area contributed by atoms with Gasteiger partial charge in [0.2, 0.25) is 0 Å². The summed E-state index contributed by atoms with van der Waals surface area (Å²) in [5, 5.41) is 9.60. The molecule has 0 saturated heterocycles. The highest BCUT2D eigenvalue weighted by molar-refractivity contribution is 5.43. The lowest BCUT2D eigenvalue weighted by Crippen LogP contribution is -2.12. The molecule has 1 aromatic rings. The standard InChI is InChI=1S/C12H19NO3/c1-8(2)16-11-5-4-9(10(14)7-13)6-12(11)15-3/h4-6,8,10,14H,7,13H2,1-3H3. The van der Waals surface area contributed by atoms with Crippen LogP contribution in [0.2, 0.25) is 0 Å². The average molecular weight is 225 g/mol. The van der Waals surface area contributed by atoms with Crippen LogP contribution in [0.5, 0.6) is 11.5 Å². The lowest BCUT2D eigenvalue weighted by Gasteiger charge is -2.16. The first-order chi connectivity index (χ1) is 7.58. The van der Waals surface area contributed by atoms with Gasteiger partial charge in [-0.05, 0) is 31.5 Å². The van der Waals surface area contributed by atoms with Crippen molar-refractivity contribution in [1.82, 2.24) is 0 Å². The van der Waals surface area contributed by atoms with Gasteiger partial charge in [-0.15, -0.1) is 0 Å². The van der Waals surface area contributed by atoms with E-state index in [0.29, 0.717) is 11.5 Å². The second kappa shape index (κ2) is 5.72. The van der Waals surface area contributed by atoms with Gasteiger partial charge in [-0.2, -0.15) is 0 Å². The molecular formula is C12H19NO3. The van der Waals surface area contributed by atoms with Gasteiger partial charge >= 0.3 is 0 Å². The number of methoxy groups -OCH3 is 1. The van der Waals surface area contributed by atoms with Crippen LogP contribution in [-0.2, 0) is 0 Å². The van der Waals surface area contributed by atoms with E-state index in [0.717, 1.165) is 5.56 Å². The molecule has 3 N–H and O–H groups in total. The summed E-state index contributed by atoms with van der Waals surface area (Å²) in [7, 11) is 1.57. The number of aliphatic hydroxyl groups excluding tert-OH is 1. The molecular weight excluding hydrogens is 206 g/mol. The molecule has 0 aliphatic heterocycles. The van der Waals surface area contributed by atoms with Crippen molar-refractivity contribution in [3.05, 3.63) is 23.8 Å². The normalized spacial score (nSPS) is 12.6. The molecule has 1 rings (SSSR count). The number of rotatable bonds is 5. The van der Waals surface area contributed by atoms with Gasteiger partial charge in [0.05, 0.1) is 19.3 Å². The number of hydrogen-bond donors (Lipinski definition) is 2. The van der Waals surface area contributed by atoms with E-state index in [1.165, 1.54) is 0 Å². The Hall–Kier alpha value is -1.26. The Morgan fingerprint density at radius 3 is 2.50 bits per heavy atom.